The van der Waals surface area contributed by atoms with E-state index in [0.29, 0.717) is 13.1 Å². The molecule has 0 saturated carbocycles. The molecule has 4 rings (SSSR count). The number of aryl methyl sites for hydroxylation is 1. The number of benzene rings is 2. The third-order valence-electron chi connectivity index (χ3n) is 4.66. The van der Waals surface area contributed by atoms with E-state index in [0.717, 1.165) is 33.7 Å². The second kappa shape index (κ2) is 7.92. The van der Waals surface area contributed by atoms with Crippen molar-refractivity contribution in [2.45, 2.75) is 19.6 Å². The van der Waals surface area contributed by atoms with Gasteiger partial charge >= 0.3 is 7.12 Å². The second-order valence-corrected chi connectivity index (χ2v) is 6.63. The molecule has 1 aliphatic rings. The Morgan fingerprint density at radius 2 is 2.07 bits per heavy atom. The topological polar surface area (TPSA) is 63.6 Å². The van der Waals surface area contributed by atoms with E-state index < -0.39 is 7.12 Å². The minimum absolute atomic E-state index is 0.134. The van der Waals surface area contributed by atoms with Gasteiger partial charge in [-0.25, -0.2) is 0 Å². The molecule has 6 heteroatoms. The molecule has 1 aliphatic heterocycles. The number of fused-ring (bicyclic) bond motifs is 1. The summed E-state index contributed by atoms with van der Waals surface area (Å²) in [5.74, 6) is 1.55. The summed E-state index contributed by atoms with van der Waals surface area (Å²) in [5.41, 5.74) is 4.14. The number of rotatable bonds is 6. The number of pyridine rings is 1. The van der Waals surface area contributed by atoms with Crippen LogP contribution in [0.3, 0.4) is 0 Å². The monoisotopic (exact) mass is 360 g/mol. The summed E-state index contributed by atoms with van der Waals surface area (Å²) in [4.78, 5) is 4.06. The Balaban J connectivity index is 1.35. The molecule has 5 nitrogen and oxygen atoms in total. The fraction of sp³-hybridized carbons (Fsp3) is 0.190. The van der Waals surface area contributed by atoms with Gasteiger partial charge < -0.3 is 19.7 Å². The van der Waals surface area contributed by atoms with Gasteiger partial charge in [0, 0.05) is 19.3 Å². The molecule has 2 N–H and O–H groups in total. The van der Waals surface area contributed by atoms with Crippen LogP contribution in [0.4, 0.5) is 0 Å². The Hall–Kier alpha value is -2.67. The van der Waals surface area contributed by atoms with Gasteiger partial charge in [0.25, 0.3) is 0 Å². The molecule has 1 unspecified atom stereocenters. The molecule has 0 bridgehead atoms. The van der Waals surface area contributed by atoms with Gasteiger partial charge in [-0.15, -0.1) is 0 Å². The second-order valence-electron chi connectivity index (χ2n) is 6.63. The van der Waals surface area contributed by atoms with Crippen molar-refractivity contribution in [2.24, 2.45) is 0 Å². The zero-order valence-corrected chi connectivity index (χ0v) is 15.1. The van der Waals surface area contributed by atoms with Gasteiger partial charge in [0.1, 0.15) is 11.5 Å². The Kier molecular flexibility index (Phi) is 5.20. The maximum absolute atomic E-state index is 9.99. The molecule has 27 heavy (non-hydrogen) atoms. The largest absolute Gasteiger partial charge is 0.492 e. The first-order valence-corrected chi connectivity index (χ1v) is 9.01. The maximum atomic E-state index is 9.99. The van der Waals surface area contributed by atoms with E-state index in [9.17, 15) is 5.02 Å². The molecule has 0 spiro atoms. The molecule has 0 amide bonds. The third kappa shape index (κ3) is 4.03. The summed E-state index contributed by atoms with van der Waals surface area (Å²) < 4.78 is 11.5. The van der Waals surface area contributed by atoms with Gasteiger partial charge in [0.2, 0.25) is 0 Å². The minimum atomic E-state index is -0.834. The van der Waals surface area contributed by atoms with Crippen LogP contribution in [0.2, 0.25) is 0 Å². The number of aromatic nitrogens is 1. The Bertz CT molecular complexity index is 920. The van der Waals surface area contributed by atoms with Gasteiger partial charge in [0.15, 0.2) is 0 Å². The first-order chi connectivity index (χ1) is 13.2. The molecule has 0 radical (unpaired) electrons. The zero-order chi connectivity index (χ0) is 18.6. The summed E-state index contributed by atoms with van der Waals surface area (Å²) in [5, 5.41) is 13.4. The number of hydrogen-bond donors (Lipinski definition) is 2. The number of hydrogen-bond acceptors (Lipinski definition) is 5. The standard InChI is InChI=1S/C21H21BN2O3/c1-15-11-16(8-9-20(15)26-17-5-4-10-23-13-17)12-24-14-21-18-6-2-3-7-19(18)22(25)27-21/h2-11,13,21,24-25H,12,14H2,1H3. The summed E-state index contributed by atoms with van der Waals surface area (Å²) in [6.45, 7) is 3.38. The van der Waals surface area contributed by atoms with E-state index in [1.165, 1.54) is 0 Å². The lowest BCUT2D eigenvalue weighted by molar-refractivity contribution is 0.187. The maximum Gasteiger partial charge on any atom is 0.492 e. The quantitative estimate of drug-likeness (QED) is 0.662. The van der Waals surface area contributed by atoms with Crippen molar-refractivity contribution in [1.82, 2.24) is 10.3 Å². The highest BCUT2D eigenvalue weighted by Gasteiger charge is 2.34. The smallest absolute Gasteiger partial charge is 0.455 e. The van der Waals surface area contributed by atoms with Crippen LogP contribution in [-0.2, 0) is 11.2 Å². The van der Waals surface area contributed by atoms with Gasteiger partial charge in [-0.2, -0.15) is 0 Å². The summed E-state index contributed by atoms with van der Waals surface area (Å²) in [6.07, 6.45) is 3.29. The zero-order valence-electron chi connectivity index (χ0n) is 15.1. The van der Waals surface area contributed by atoms with Crippen LogP contribution < -0.4 is 15.5 Å². The average Bonchev–Trinajstić information content (AvgIpc) is 3.01. The van der Waals surface area contributed by atoms with Crippen molar-refractivity contribution in [3.05, 3.63) is 83.7 Å². The van der Waals surface area contributed by atoms with Gasteiger partial charge in [0.05, 0.1) is 12.3 Å². The normalized spacial score (nSPS) is 15.6. The van der Waals surface area contributed by atoms with Crippen molar-refractivity contribution in [3.8, 4) is 11.5 Å². The summed E-state index contributed by atoms with van der Waals surface area (Å²) in [6, 6.07) is 17.7. The fourth-order valence-corrected chi connectivity index (χ4v) is 3.31. The SMILES string of the molecule is Cc1cc(CNCC2OB(O)c3ccccc32)ccc1Oc1cccnc1. The average molecular weight is 360 g/mol. The molecule has 2 aromatic carbocycles. The molecule has 1 atom stereocenters. The van der Waals surface area contributed by atoms with Gasteiger partial charge in [-0.05, 0) is 47.3 Å². The van der Waals surface area contributed by atoms with Gasteiger partial charge in [-0.3, -0.25) is 4.98 Å². The molecule has 0 saturated heterocycles. The van der Waals surface area contributed by atoms with Crippen LogP contribution >= 0.6 is 0 Å². The Labute approximate surface area is 159 Å². The van der Waals surface area contributed by atoms with Crippen molar-refractivity contribution < 1.29 is 14.4 Å². The molecular formula is C21H21BN2O3. The number of nitrogens with one attached hydrogen (secondary N) is 1. The summed E-state index contributed by atoms with van der Waals surface area (Å²) in [7, 11) is -0.834. The first kappa shape index (κ1) is 17.7. The Morgan fingerprint density at radius 3 is 2.89 bits per heavy atom. The van der Waals surface area contributed by atoms with E-state index in [2.05, 4.69) is 16.4 Å². The molecule has 0 aliphatic carbocycles. The third-order valence-corrected chi connectivity index (χ3v) is 4.66. The molecule has 3 aromatic rings. The highest BCUT2D eigenvalue weighted by atomic mass is 16.5. The first-order valence-electron chi connectivity index (χ1n) is 9.01. The van der Waals surface area contributed by atoms with Crippen LogP contribution in [0.15, 0.2) is 67.0 Å². The van der Waals surface area contributed by atoms with Crippen molar-refractivity contribution >= 4 is 12.6 Å². The lowest BCUT2D eigenvalue weighted by Crippen LogP contribution is -2.28. The lowest BCUT2D eigenvalue weighted by atomic mass is 9.79. The highest BCUT2D eigenvalue weighted by molar-refractivity contribution is 6.61. The van der Waals surface area contributed by atoms with Crippen LogP contribution in [0.1, 0.15) is 22.8 Å². The van der Waals surface area contributed by atoms with E-state index in [1.54, 1.807) is 12.4 Å². The predicted octanol–water partition coefficient (Wildman–Crippen LogP) is 2.73. The molecule has 136 valence electrons. The van der Waals surface area contributed by atoms with Crippen LogP contribution in [0, 0.1) is 6.92 Å². The van der Waals surface area contributed by atoms with Crippen LogP contribution in [-0.4, -0.2) is 23.7 Å². The van der Waals surface area contributed by atoms with E-state index in [4.69, 9.17) is 9.39 Å². The Morgan fingerprint density at radius 1 is 1.19 bits per heavy atom. The highest BCUT2D eigenvalue weighted by Crippen LogP contribution is 2.25. The minimum Gasteiger partial charge on any atom is -0.455 e. The molecule has 1 aromatic heterocycles. The van der Waals surface area contributed by atoms with E-state index >= 15 is 0 Å². The number of ether oxygens (including phenoxy) is 1. The van der Waals surface area contributed by atoms with Crippen molar-refractivity contribution in [1.29, 1.82) is 0 Å². The van der Waals surface area contributed by atoms with E-state index in [1.807, 2.05) is 55.5 Å². The van der Waals surface area contributed by atoms with E-state index in [-0.39, 0.29) is 6.10 Å². The van der Waals surface area contributed by atoms with Crippen molar-refractivity contribution in [2.75, 3.05) is 6.54 Å². The van der Waals surface area contributed by atoms with Gasteiger partial charge in [-0.1, -0.05) is 36.4 Å². The van der Waals surface area contributed by atoms with Crippen LogP contribution in [0.5, 0.6) is 11.5 Å². The predicted molar refractivity (Wildman–Crippen MR) is 105 cm³/mol. The summed E-state index contributed by atoms with van der Waals surface area (Å²) >= 11 is 0. The number of nitrogens with zero attached hydrogens (tertiary/aromatic N) is 1. The molecule has 2 heterocycles. The molecule has 0 fully saturated rings. The lowest BCUT2D eigenvalue weighted by Gasteiger charge is -2.14. The molecular weight excluding hydrogens is 339 g/mol. The van der Waals surface area contributed by atoms with Crippen LogP contribution in [0.25, 0.3) is 0 Å². The fourth-order valence-electron chi connectivity index (χ4n) is 3.31. The van der Waals surface area contributed by atoms with Crippen molar-refractivity contribution in [3.63, 3.8) is 0 Å².